The Labute approximate surface area is 182 Å². The molecule has 0 saturated carbocycles. The van der Waals surface area contributed by atoms with Gasteiger partial charge in [0.05, 0.1) is 18.1 Å². The minimum atomic E-state index is -3.87. The summed E-state index contributed by atoms with van der Waals surface area (Å²) in [7, 11) is -3.87. The molecular formula is C23H24N2O5S. The number of hydrogen-bond donors (Lipinski definition) is 2. The van der Waals surface area contributed by atoms with Crippen LogP contribution in [0.1, 0.15) is 24.2 Å². The first-order valence-corrected chi connectivity index (χ1v) is 11.3. The molecule has 31 heavy (non-hydrogen) atoms. The summed E-state index contributed by atoms with van der Waals surface area (Å²) in [5.41, 5.74) is 1.20. The lowest BCUT2D eigenvalue weighted by Crippen LogP contribution is -2.16. The summed E-state index contributed by atoms with van der Waals surface area (Å²) in [6, 6.07) is 19.4. The van der Waals surface area contributed by atoms with Crippen LogP contribution in [0.4, 0.5) is 11.4 Å². The van der Waals surface area contributed by atoms with E-state index in [4.69, 9.17) is 9.47 Å². The third-order valence-electron chi connectivity index (χ3n) is 4.25. The zero-order chi connectivity index (χ0) is 22.3. The fourth-order valence-electron chi connectivity index (χ4n) is 2.81. The Morgan fingerprint density at radius 3 is 1.90 bits per heavy atom. The maximum atomic E-state index is 12.8. The second kappa shape index (κ2) is 9.99. The maximum absolute atomic E-state index is 12.8. The highest BCUT2D eigenvalue weighted by atomic mass is 32.2. The number of sulfonamides is 1. The van der Waals surface area contributed by atoms with Crippen LogP contribution in [0.2, 0.25) is 0 Å². The molecule has 0 aromatic heterocycles. The predicted octanol–water partition coefficient (Wildman–Crippen LogP) is 4.54. The summed E-state index contributed by atoms with van der Waals surface area (Å²) in [5.74, 6) is 0.939. The molecule has 162 valence electrons. The van der Waals surface area contributed by atoms with Crippen LogP contribution in [0.3, 0.4) is 0 Å². The lowest BCUT2D eigenvalue weighted by molar-refractivity contribution is 0.102. The van der Waals surface area contributed by atoms with Gasteiger partial charge in [0, 0.05) is 16.9 Å². The van der Waals surface area contributed by atoms with Gasteiger partial charge in [-0.1, -0.05) is 6.07 Å². The zero-order valence-corrected chi connectivity index (χ0v) is 18.1. The number of hydrogen-bond acceptors (Lipinski definition) is 5. The average molecular weight is 441 g/mol. The monoisotopic (exact) mass is 440 g/mol. The van der Waals surface area contributed by atoms with Gasteiger partial charge >= 0.3 is 0 Å². The molecule has 3 aromatic rings. The topological polar surface area (TPSA) is 93.7 Å². The molecule has 0 bridgehead atoms. The Morgan fingerprint density at radius 2 is 1.35 bits per heavy atom. The van der Waals surface area contributed by atoms with Crippen molar-refractivity contribution in [3.8, 4) is 11.5 Å². The van der Waals surface area contributed by atoms with Crippen molar-refractivity contribution in [1.82, 2.24) is 0 Å². The second-order valence-electron chi connectivity index (χ2n) is 6.50. The first-order valence-electron chi connectivity index (χ1n) is 9.81. The van der Waals surface area contributed by atoms with E-state index in [0.29, 0.717) is 36.1 Å². The van der Waals surface area contributed by atoms with Gasteiger partial charge in [0.1, 0.15) is 11.5 Å². The molecule has 0 fully saturated rings. The number of amides is 1. The number of benzene rings is 3. The normalized spacial score (nSPS) is 10.9. The molecule has 0 saturated heterocycles. The molecule has 0 spiro atoms. The lowest BCUT2D eigenvalue weighted by atomic mass is 10.2. The zero-order valence-electron chi connectivity index (χ0n) is 17.3. The Balaban J connectivity index is 1.72. The van der Waals surface area contributed by atoms with Crippen LogP contribution in [-0.4, -0.2) is 27.5 Å². The van der Waals surface area contributed by atoms with E-state index in [-0.39, 0.29) is 10.5 Å². The van der Waals surface area contributed by atoms with Crippen molar-refractivity contribution in [3.63, 3.8) is 0 Å². The number of rotatable bonds is 9. The molecule has 0 heterocycles. The van der Waals surface area contributed by atoms with Crippen molar-refractivity contribution in [2.24, 2.45) is 0 Å². The Bertz CT molecular complexity index is 1130. The molecule has 0 atom stereocenters. The standard InChI is InChI=1S/C23H24N2O5S/c1-3-29-20-12-8-18(9-13-20)24-23(26)17-6-5-7-22(16-17)31(27,28)25-19-10-14-21(15-11-19)30-4-2/h5-16,25H,3-4H2,1-2H3,(H,24,26). The van der Waals surface area contributed by atoms with Crippen LogP contribution in [0.25, 0.3) is 0 Å². The molecule has 0 radical (unpaired) electrons. The van der Waals surface area contributed by atoms with E-state index >= 15 is 0 Å². The molecule has 1 amide bonds. The minimum Gasteiger partial charge on any atom is -0.494 e. The molecule has 2 N–H and O–H groups in total. The fraction of sp³-hybridized carbons (Fsp3) is 0.174. The SMILES string of the molecule is CCOc1ccc(NC(=O)c2cccc(S(=O)(=O)Nc3ccc(OCC)cc3)c2)cc1. The minimum absolute atomic E-state index is 0.0132. The Morgan fingerprint density at radius 1 is 0.806 bits per heavy atom. The summed E-state index contributed by atoms with van der Waals surface area (Å²) < 4.78 is 38.8. The smallest absolute Gasteiger partial charge is 0.261 e. The first kappa shape index (κ1) is 22.2. The van der Waals surface area contributed by atoms with Crippen LogP contribution < -0.4 is 19.5 Å². The molecule has 0 aliphatic rings. The first-order chi connectivity index (χ1) is 14.9. The lowest BCUT2D eigenvalue weighted by Gasteiger charge is -2.11. The van der Waals surface area contributed by atoms with Crippen LogP contribution in [0, 0.1) is 0 Å². The maximum Gasteiger partial charge on any atom is 0.261 e. The largest absolute Gasteiger partial charge is 0.494 e. The van der Waals surface area contributed by atoms with Crippen molar-refractivity contribution >= 4 is 27.3 Å². The molecule has 0 aliphatic heterocycles. The van der Waals surface area contributed by atoms with Crippen molar-refractivity contribution in [3.05, 3.63) is 78.4 Å². The highest BCUT2D eigenvalue weighted by molar-refractivity contribution is 7.92. The van der Waals surface area contributed by atoms with E-state index < -0.39 is 15.9 Å². The Hall–Kier alpha value is -3.52. The number of ether oxygens (including phenoxy) is 2. The van der Waals surface area contributed by atoms with Gasteiger partial charge in [-0.25, -0.2) is 8.42 Å². The van der Waals surface area contributed by atoms with Gasteiger partial charge in [0.15, 0.2) is 0 Å². The molecule has 8 heteroatoms. The van der Waals surface area contributed by atoms with Gasteiger partial charge in [0.2, 0.25) is 0 Å². The number of carbonyl (C=O) groups is 1. The number of anilines is 2. The molecule has 0 unspecified atom stereocenters. The number of nitrogens with one attached hydrogen (secondary N) is 2. The van der Waals surface area contributed by atoms with Crippen molar-refractivity contribution < 1.29 is 22.7 Å². The summed E-state index contributed by atoms with van der Waals surface area (Å²) in [4.78, 5) is 12.6. The van der Waals surface area contributed by atoms with Crippen molar-refractivity contribution in [2.75, 3.05) is 23.3 Å². The highest BCUT2D eigenvalue weighted by Gasteiger charge is 2.17. The van der Waals surface area contributed by atoms with E-state index in [2.05, 4.69) is 10.0 Å². The van der Waals surface area contributed by atoms with Crippen molar-refractivity contribution in [1.29, 1.82) is 0 Å². The van der Waals surface area contributed by atoms with Crippen LogP contribution in [0.5, 0.6) is 11.5 Å². The third kappa shape index (κ3) is 5.99. The van der Waals surface area contributed by atoms with E-state index in [1.807, 2.05) is 13.8 Å². The molecule has 3 aromatic carbocycles. The molecule has 0 aliphatic carbocycles. The third-order valence-corrected chi connectivity index (χ3v) is 5.63. The summed E-state index contributed by atoms with van der Waals surface area (Å²) in [5, 5.41) is 2.75. The summed E-state index contributed by atoms with van der Waals surface area (Å²) >= 11 is 0. The second-order valence-corrected chi connectivity index (χ2v) is 8.18. The van der Waals surface area contributed by atoms with E-state index in [1.165, 1.54) is 18.2 Å². The predicted molar refractivity (Wildman–Crippen MR) is 120 cm³/mol. The van der Waals surface area contributed by atoms with Gasteiger partial charge < -0.3 is 14.8 Å². The summed E-state index contributed by atoms with van der Waals surface area (Å²) in [6.07, 6.45) is 0. The van der Waals surface area contributed by atoms with Crippen LogP contribution in [-0.2, 0) is 10.0 Å². The fourth-order valence-corrected chi connectivity index (χ4v) is 3.91. The van der Waals surface area contributed by atoms with Gasteiger partial charge in [-0.3, -0.25) is 9.52 Å². The van der Waals surface area contributed by atoms with Crippen LogP contribution in [0.15, 0.2) is 77.7 Å². The molecule has 3 rings (SSSR count). The quantitative estimate of drug-likeness (QED) is 0.510. The average Bonchev–Trinajstić information content (AvgIpc) is 2.77. The number of carbonyl (C=O) groups excluding carboxylic acids is 1. The summed E-state index contributed by atoms with van der Waals surface area (Å²) in [6.45, 7) is 4.84. The Kier molecular flexibility index (Phi) is 7.15. The van der Waals surface area contributed by atoms with Gasteiger partial charge in [-0.05, 0) is 80.6 Å². The van der Waals surface area contributed by atoms with Crippen molar-refractivity contribution in [2.45, 2.75) is 18.7 Å². The van der Waals surface area contributed by atoms with Gasteiger partial charge in [-0.15, -0.1) is 0 Å². The van der Waals surface area contributed by atoms with E-state index in [1.54, 1.807) is 54.6 Å². The van der Waals surface area contributed by atoms with Gasteiger partial charge in [-0.2, -0.15) is 0 Å². The molecule has 7 nitrogen and oxygen atoms in total. The van der Waals surface area contributed by atoms with E-state index in [9.17, 15) is 13.2 Å². The highest BCUT2D eigenvalue weighted by Crippen LogP contribution is 2.21. The van der Waals surface area contributed by atoms with Gasteiger partial charge in [0.25, 0.3) is 15.9 Å². The van der Waals surface area contributed by atoms with E-state index in [0.717, 1.165) is 0 Å². The van der Waals surface area contributed by atoms with Crippen LogP contribution >= 0.6 is 0 Å². The molecular weight excluding hydrogens is 416 g/mol.